The fraction of sp³-hybridized carbons (Fsp3) is 0.943. The third-order valence-corrected chi connectivity index (χ3v) is 7.65. The Bertz CT molecular complexity index is 553. The van der Waals surface area contributed by atoms with Gasteiger partial charge in [-0.05, 0) is 71.5 Å². The number of rotatable bonds is 28. The Kier molecular flexibility index (Phi) is 52.7. The van der Waals surface area contributed by atoms with E-state index in [9.17, 15) is 9.59 Å². The Labute approximate surface area is 304 Å². The summed E-state index contributed by atoms with van der Waals surface area (Å²) in [5.41, 5.74) is 0. The van der Waals surface area contributed by atoms with E-state index >= 15 is 0 Å². The van der Waals surface area contributed by atoms with Gasteiger partial charge in [0.25, 0.3) is 0 Å². The van der Waals surface area contributed by atoms with Crippen molar-refractivity contribution in [2.24, 2.45) is 5.92 Å². The van der Waals surface area contributed by atoms with Crippen LogP contribution >= 0.6 is 0 Å². The summed E-state index contributed by atoms with van der Waals surface area (Å²) >= 11 is 0. The molecule has 0 saturated heterocycles. The van der Waals surface area contributed by atoms with Crippen LogP contribution in [0.2, 0.25) is 0 Å². The van der Waals surface area contributed by atoms with Gasteiger partial charge in [0.15, 0.2) is 0 Å². The van der Waals surface area contributed by atoms with Crippen LogP contribution in [-0.2, 0) is 74.7 Å². The largest absolute Gasteiger partial charge is 0.466 e. The van der Waals surface area contributed by atoms with Gasteiger partial charge in [-0.2, -0.15) is 0 Å². The van der Waals surface area contributed by atoms with Crippen LogP contribution in [0.15, 0.2) is 0 Å². The Morgan fingerprint density at radius 3 is 1.56 bits per heavy atom. The summed E-state index contributed by atoms with van der Waals surface area (Å²) in [5.74, 6) is 0.563. The van der Waals surface area contributed by atoms with Crippen molar-refractivity contribution in [3.8, 4) is 0 Å². The first-order valence-corrected chi connectivity index (χ1v) is 17.4. The molecule has 0 bridgehead atoms. The average Bonchev–Trinajstić information content (AvgIpc) is 2.94. The summed E-state index contributed by atoms with van der Waals surface area (Å²) in [4.78, 5) is 26.6. The van der Waals surface area contributed by atoms with Gasteiger partial charge in [0.1, 0.15) is 6.10 Å². The molecular weight excluding hydrogens is 651 g/mol. The quantitative estimate of drug-likeness (QED) is 0.0595. The molecule has 2 atom stereocenters. The third-order valence-electron chi connectivity index (χ3n) is 7.65. The Balaban J connectivity index is -0.000000940. The zero-order valence-electron chi connectivity index (χ0n) is 29.5. The Morgan fingerprint density at radius 1 is 0.581 bits per heavy atom. The molecule has 0 amide bonds. The molecule has 0 spiro atoms. The van der Waals surface area contributed by atoms with E-state index in [1.807, 2.05) is 27.9 Å². The fourth-order valence-corrected chi connectivity index (χ4v) is 5.02. The second kappa shape index (κ2) is 42.7. The molecule has 8 heteroatoms. The van der Waals surface area contributed by atoms with Gasteiger partial charge in [-0.3, -0.25) is 9.59 Å². The maximum absolute atomic E-state index is 12.3. The molecule has 0 saturated carbocycles. The van der Waals surface area contributed by atoms with Crippen molar-refractivity contribution in [3.05, 3.63) is 0 Å². The molecule has 5 nitrogen and oxygen atoms in total. The van der Waals surface area contributed by atoms with Crippen LogP contribution in [0.4, 0.5) is 0 Å². The molecule has 0 aliphatic heterocycles. The molecule has 2 unspecified atom stereocenters. The van der Waals surface area contributed by atoms with Crippen molar-refractivity contribution in [1.29, 1.82) is 0 Å². The minimum Gasteiger partial charge on any atom is -0.466 e. The smallest absolute Gasteiger partial charge is 0.306 e. The molecule has 0 fully saturated rings. The monoisotopic (exact) mass is 722 g/mol. The number of ether oxygens (including phenoxy) is 2. The predicted octanol–water partition coefficient (Wildman–Crippen LogP) is 10.3. The van der Waals surface area contributed by atoms with Crippen LogP contribution in [0, 0.1) is 5.92 Å². The number of nitrogens with zero attached hydrogens (tertiary/aromatic N) is 1. The van der Waals surface area contributed by atoms with E-state index in [1.54, 1.807) is 0 Å². The van der Waals surface area contributed by atoms with Gasteiger partial charge in [-0.15, -0.1) is 0 Å². The van der Waals surface area contributed by atoms with E-state index < -0.39 is 0 Å². The summed E-state index contributed by atoms with van der Waals surface area (Å²) in [5, 5.41) is 0. The maximum atomic E-state index is 12.3. The second-order valence-corrected chi connectivity index (χ2v) is 11.7. The van der Waals surface area contributed by atoms with E-state index in [1.165, 1.54) is 77.0 Å². The third kappa shape index (κ3) is 40.6. The standard InChI is InChI=1S/C33H65NO4.C2H6.3V/c1-6-9-11-13-15-17-22-30(8-3)27-29-37-32(35)25-20-16-19-24-31(23-18-14-12-10-7-2)38-33(36)26-21-28-34(4)5;1-2;;;/h30-31H,6-29H2,1-5H3;1-2H3;;;. The molecule has 0 N–H and O–H groups in total. The van der Waals surface area contributed by atoms with E-state index in [0.717, 1.165) is 57.9 Å². The summed E-state index contributed by atoms with van der Waals surface area (Å²) in [6.07, 6.45) is 24.1. The molecule has 0 aliphatic rings. The van der Waals surface area contributed by atoms with Gasteiger partial charge in [-0.25, -0.2) is 0 Å². The summed E-state index contributed by atoms with van der Waals surface area (Å²) < 4.78 is 11.4. The van der Waals surface area contributed by atoms with Crippen LogP contribution in [0.25, 0.3) is 0 Å². The van der Waals surface area contributed by atoms with Gasteiger partial charge >= 0.3 is 11.9 Å². The van der Waals surface area contributed by atoms with Crippen molar-refractivity contribution < 1.29 is 74.7 Å². The van der Waals surface area contributed by atoms with Gasteiger partial charge in [0.2, 0.25) is 0 Å². The molecule has 0 aromatic rings. The molecule has 0 heterocycles. The number of hydrogen-bond donors (Lipinski definition) is 0. The number of carbonyl (C=O) groups excluding carboxylic acids is 2. The van der Waals surface area contributed by atoms with Crippen molar-refractivity contribution in [1.82, 2.24) is 4.90 Å². The number of carbonyl (C=O) groups is 2. The molecule has 0 aromatic heterocycles. The maximum Gasteiger partial charge on any atom is 0.306 e. The normalized spacial score (nSPS) is 11.6. The zero-order valence-corrected chi connectivity index (χ0v) is 33.7. The van der Waals surface area contributed by atoms with Gasteiger partial charge < -0.3 is 14.4 Å². The van der Waals surface area contributed by atoms with Crippen LogP contribution in [0.5, 0.6) is 0 Å². The van der Waals surface area contributed by atoms with Crippen LogP contribution in [0.1, 0.15) is 176 Å². The van der Waals surface area contributed by atoms with Crippen molar-refractivity contribution in [2.75, 3.05) is 27.2 Å². The molecular formula is C35H71NO4V3. The van der Waals surface area contributed by atoms with E-state index in [2.05, 4.69) is 25.7 Å². The molecule has 0 rings (SSSR count). The molecule has 43 heavy (non-hydrogen) atoms. The van der Waals surface area contributed by atoms with Gasteiger partial charge in [-0.1, -0.05) is 118 Å². The molecule has 3 radical (unpaired) electrons. The number of esters is 2. The number of unbranched alkanes of at least 4 members (excludes halogenated alkanes) is 11. The van der Waals surface area contributed by atoms with Crippen LogP contribution in [0.3, 0.4) is 0 Å². The van der Waals surface area contributed by atoms with Crippen molar-refractivity contribution in [3.63, 3.8) is 0 Å². The second-order valence-electron chi connectivity index (χ2n) is 11.7. The average molecular weight is 723 g/mol. The Morgan fingerprint density at radius 2 is 1.05 bits per heavy atom. The van der Waals surface area contributed by atoms with E-state index in [4.69, 9.17) is 9.47 Å². The molecule has 255 valence electrons. The first-order valence-electron chi connectivity index (χ1n) is 17.4. The summed E-state index contributed by atoms with van der Waals surface area (Å²) in [7, 11) is 4.05. The minimum absolute atomic E-state index is 0. The number of hydrogen-bond acceptors (Lipinski definition) is 5. The topological polar surface area (TPSA) is 55.8 Å². The van der Waals surface area contributed by atoms with Gasteiger partial charge in [0.05, 0.1) is 6.61 Å². The first-order chi connectivity index (χ1) is 19.4. The van der Waals surface area contributed by atoms with Gasteiger partial charge in [0, 0.05) is 68.5 Å². The first kappa shape index (κ1) is 53.2. The minimum atomic E-state index is -0.0594. The predicted molar refractivity (Wildman–Crippen MR) is 173 cm³/mol. The van der Waals surface area contributed by atoms with Crippen LogP contribution in [-0.4, -0.2) is 50.2 Å². The summed E-state index contributed by atoms with van der Waals surface area (Å²) in [6, 6.07) is 0. The van der Waals surface area contributed by atoms with E-state index in [0.29, 0.717) is 25.4 Å². The zero-order chi connectivity index (χ0) is 30.3. The van der Waals surface area contributed by atoms with Crippen molar-refractivity contribution in [2.45, 2.75) is 182 Å². The molecule has 0 aromatic carbocycles. The van der Waals surface area contributed by atoms with Crippen molar-refractivity contribution >= 4 is 11.9 Å². The summed E-state index contributed by atoms with van der Waals surface area (Å²) in [6.45, 7) is 12.2. The fourth-order valence-electron chi connectivity index (χ4n) is 5.02. The Hall–Kier alpha value is 0.653. The van der Waals surface area contributed by atoms with Crippen LogP contribution < -0.4 is 0 Å². The SMILES string of the molecule is CC.CCCCCCCCC(CC)CCOC(=O)CCCCCC(CCCCCCC)OC(=O)CCCN(C)C.[V].[V].[V]. The molecule has 0 aliphatic carbocycles. The van der Waals surface area contributed by atoms with E-state index in [-0.39, 0.29) is 73.7 Å².